The molecule has 2 rings (SSSR count). The molecule has 2 aromatic rings. The van der Waals surface area contributed by atoms with E-state index in [1.165, 1.54) is 18.3 Å². The van der Waals surface area contributed by atoms with Crippen LogP contribution in [-0.2, 0) is 0 Å². The molecule has 0 unspecified atom stereocenters. The minimum Gasteiger partial charge on any atom is -0.335 e. The first-order valence-corrected chi connectivity index (χ1v) is 5.67. The van der Waals surface area contributed by atoms with Crippen molar-refractivity contribution in [1.82, 2.24) is 4.98 Å². The SMILES string of the molecule is N#Cc1ccnc(Nc2c(F)cc(Br)cc2F)c1. The zero-order valence-electron chi connectivity index (χ0n) is 8.92. The number of hydrogen-bond donors (Lipinski definition) is 1. The first kappa shape index (κ1) is 12.5. The predicted octanol–water partition coefficient (Wildman–Crippen LogP) is 3.74. The largest absolute Gasteiger partial charge is 0.335 e. The van der Waals surface area contributed by atoms with Gasteiger partial charge < -0.3 is 5.32 Å². The smallest absolute Gasteiger partial charge is 0.150 e. The van der Waals surface area contributed by atoms with Crippen LogP contribution in [0.15, 0.2) is 34.9 Å². The lowest BCUT2D eigenvalue weighted by Gasteiger charge is -2.08. The third-order valence-electron chi connectivity index (χ3n) is 2.15. The van der Waals surface area contributed by atoms with E-state index >= 15 is 0 Å². The molecule has 0 radical (unpaired) electrons. The van der Waals surface area contributed by atoms with Gasteiger partial charge in [-0.15, -0.1) is 0 Å². The number of pyridine rings is 1. The molecular weight excluding hydrogens is 304 g/mol. The van der Waals surface area contributed by atoms with E-state index in [0.717, 1.165) is 12.1 Å². The van der Waals surface area contributed by atoms with Gasteiger partial charge in [0.15, 0.2) is 11.6 Å². The van der Waals surface area contributed by atoms with E-state index in [1.807, 2.05) is 6.07 Å². The van der Waals surface area contributed by atoms with E-state index in [2.05, 4.69) is 26.2 Å². The van der Waals surface area contributed by atoms with Crippen molar-refractivity contribution in [2.45, 2.75) is 0 Å². The highest BCUT2D eigenvalue weighted by Crippen LogP contribution is 2.26. The second-order valence-electron chi connectivity index (χ2n) is 3.41. The molecule has 0 saturated heterocycles. The van der Waals surface area contributed by atoms with Gasteiger partial charge in [-0.2, -0.15) is 5.26 Å². The van der Waals surface area contributed by atoms with Gasteiger partial charge in [0.25, 0.3) is 0 Å². The zero-order valence-corrected chi connectivity index (χ0v) is 10.5. The Kier molecular flexibility index (Phi) is 3.53. The molecule has 18 heavy (non-hydrogen) atoms. The highest BCUT2D eigenvalue weighted by molar-refractivity contribution is 9.10. The summed E-state index contributed by atoms with van der Waals surface area (Å²) in [4.78, 5) is 3.88. The number of hydrogen-bond acceptors (Lipinski definition) is 3. The topological polar surface area (TPSA) is 48.7 Å². The second-order valence-corrected chi connectivity index (χ2v) is 4.33. The second kappa shape index (κ2) is 5.10. The molecule has 0 aliphatic carbocycles. The Morgan fingerprint density at radius 2 is 1.89 bits per heavy atom. The molecule has 0 aliphatic rings. The maximum absolute atomic E-state index is 13.6. The van der Waals surface area contributed by atoms with Crippen molar-refractivity contribution < 1.29 is 8.78 Å². The van der Waals surface area contributed by atoms with E-state index in [1.54, 1.807) is 0 Å². The van der Waals surface area contributed by atoms with E-state index in [0.29, 0.717) is 10.0 Å². The monoisotopic (exact) mass is 309 g/mol. The van der Waals surface area contributed by atoms with Gasteiger partial charge in [-0.1, -0.05) is 15.9 Å². The van der Waals surface area contributed by atoms with Gasteiger partial charge in [0, 0.05) is 10.7 Å². The van der Waals surface area contributed by atoms with E-state index < -0.39 is 11.6 Å². The van der Waals surface area contributed by atoms with Crippen LogP contribution < -0.4 is 5.32 Å². The Bertz CT molecular complexity index is 614. The van der Waals surface area contributed by atoms with Crippen LogP contribution in [0.2, 0.25) is 0 Å². The minimum absolute atomic E-state index is 0.203. The van der Waals surface area contributed by atoms with Gasteiger partial charge in [-0.3, -0.25) is 0 Å². The number of rotatable bonds is 2. The normalized spacial score (nSPS) is 9.89. The van der Waals surface area contributed by atoms with Crippen molar-refractivity contribution in [3.63, 3.8) is 0 Å². The molecule has 0 aliphatic heterocycles. The number of nitrogens with zero attached hydrogens (tertiary/aromatic N) is 2. The van der Waals surface area contributed by atoms with E-state index in [9.17, 15) is 8.78 Å². The number of nitrogens with one attached hydrogen (secondary N) is 1. The van der Waals surface area contributed by atoms with Gasteiger partial charge in [-0.05, 0) is 24.3 Å². The van der Waals surface area contributed by atoms with Crippen molar-refractivity contribution in [2.24, 2.45) is 0 Å². The Morgan fingerprint density at radius 3 is 2.50 bits per heavy atom. The Hall–Kier alpha value is -2.00. The molecule has 0 spiro atoms. The van der Waals surface area contributed by atoms with Crippen molar-refractivity contribution in [2.75, 3.05) is 5.32 Å². The minimum atomic E-state index is -0.744. The summed E-state index contributed by atoms with van der Waals surface area (Å²) in [6.07, 6.45) is 1.38. The summed E-state index contributed by atoms with van der Waals surface area (Å²) >= 11 is 2.99. The van der Waals surface area contributed by atoms with E-state index in [4.69, 9.17) is 5.26 Å². The number of benzene rings is 1. The quantitative estimate of drug-likeness (QED) is 0.919. The van der Waals surface area contributed by atoms with Crippen LogP contribution >= 0.6 is 15.9 Å². The fourth-order valence-electron chi connectivity index (χ4n) is 1.36. The van der Waals surface area contributed by atoms with Crippen molar-refractivity contribution in [3.8, 4) is 6.07 Å². The lowest BCUT2D eigenvalue weighted by atomic mass is 10.2. The van der Waals surface area contributed by atoms with Gasteiger partial charge in [-0.25, -0.2) is 13.8 Å². The van der Waals surface area contributed by atoms with Crippen LogP contribution in [0.4, 0.5) is 20.3 Å². The van der Waals surface area contributed by atoms with Gasteiger partial charge >= 0.3 is 0 Å². The number of nitriles is 1. The summed E-state index contributed by atoms with van der Waals surface area (Å²) in [5, 5.41) is 11.2. The molecular formula is C12H6BrF2N3. The number of anilines is 2. The third-order valence-corrected chi connectivity index (χ3v) is 2.61. The fraction of sp³-hybridized carbons (Fsp3) is 0. The molecule has 6 heteroatoms. The maximum atomic E-state index is 13.6. The Labute approximate surface area is 110 Å². The van der Waals surface area contributed by atoms with Crippen molar-refractivity contribution in [1.29, 1.82) is 5.26 Å². The van der Waals surface area contributed by atoms with Gasteiger partial charge in [0.2, 0.25) is 0 Å². The lowest BCUT2D eigenvalue weighted by molar-refractivity contribution is 0.589. The molecule has 0 fully saturated rings. The Balaban J connectivity index is 2.37. The molecule has 1 aromatic carbocycles. The molecule has 1 heterocycles. The molecule has 0 bridgehead atoms. The van der Waals surface area contributed by atoms with Crippen LogP contribution in [0.5, 0.6) is 0 Å². The first-order chi connectivity index (χ1) is 8.60. The molecule has 0 atom stereocenters. The van der Waals surface area contributed by atoms with Crippen LogP contribution in [-0.4, -0.2) is 4.98 Å². The van der Waals surface area contributed by atoms with Crippen LogP contribution in [0.3, 0.4) is 0 Å². The van der Waals surface area contributed by atoms with Crippen LogP contribution in [0, 0.1) is 23.0 Å². The molecule has 90 valence electrons. The molecule has 0 saturated carbocycles. The van der Waals surface area contributed by atoms with Crippen molar-refractivity contribution >= 4 is 27.4 Å². The molecule has 1 N–H and O–H groups in total. The summed E-state index contributed by atoms with van der Waals surface area (Å²) < 4.78 is 27.4. The summed E-state index contributed by atoms with van der Waals surface area (Å²) in [6, 6.07) is 7.10. The molecule has 3 nitrogen and oxygen atoms in total. The summed E-state index contributed by atoms with van der Waals surface area (Å²) in [5.41, 5.74) is 0.0474. The van der Waals surface area contributed by atoms with Crippen LogP contribution in [0.25, 0.3) is 0 Å². The van der Waals surface area contributed by atoms with Gasteiger partial charge in [0.05, 0.1) is 11.6 Å². The third kappa shape index (κ3) is 2.63. The van der Waals surface area contributed by atoms with E-state index in [-0.39, 0.29) is 11.5 Å². The lowest BCUT2D eigenvalue weighted by Crippen LogP contribution is -1.99. The average molecular weight is 310 g/mol. The van der Waals surface area contributed by atoms with Crippen LogP contribution in [0.1, 0.15) is 5.56 Å². The predicted molar refractivity (Wildman–Crippen MR) is 66.3 cm³/mol. The average Bonchev–Trinajstić information content (AvgIpc) is 2.34. The highest BCUT2D eigenvalue weighted by Gasteiger charge is 2.11. The standard InChI is InChI=1S/C12H6BrF2N3/c13-8-4-9(14)12(10(15)5-8)18-11-3-7(6-16)1-2-17-11/h1-5H,(H,17,18). The first-order valence-electron chi connectivity index (χ1n) is 4.88. The number of halogens is 3. The summed E-state index contributed by atoms with van der Waals surface area (Å²) in [7, 11) is 0. The summed E-state index contributed by atoms with van der Waals surface area (Å²) in [6.45, 7) is 0. The Morgan fingerprint density at radius 1 is 1.22 bits per heavy atom. The highest BCUT2D eigenvalue weighted by atomic mass is 79.9. The molecule has 0 amide bonds. The summed E-state index contributed by atoms with van der Waals surface area (Å²) in [5.74, 6) is -1.29. The zero-order chi connectivity index (χ0) is 13.1. The maximum Gasteiger partial charge on any atom is 0.150 e. The molecule has 1 aromatic heterocycles. The fourth-order valence-corrected chi connectivity index (χ4v) is 1.76. The van der Waals surface area contributed by atoms with Crippen molar-refractivity contribution in [3.05, 3.63) is 52.1 Å². The number of aromatic nitrogens is 1. The van der Waals surface area contributed by atoms with Gasteiger partial charge in [0.1, 0.15) is 11.5 Å².